The molecule has 0 radical (unpaired) electrons. The Balaban J connectivity index is 2.03. The average molecular weight is 329 g/mol. The van der Waals surface area contributed by atoms with Gasteiger partial charge in [0.2, 0.25) is 0 Å². The SMILES string of the molecule is Cc1cc(C(=O)Nc2cccc(Cl)c2)c2cnn(C(C)C)c2n1. The second-order valence-corrected chi connectivity index (χ2v) is 6.13. The number of pyridine rings is 1. The number of hydrogen-bond donors (Lipinski definition) is 1. The van der Waals surface area contributed by atoms with Crippen LogP contribution in [0, 0.1) is 6.92 Å². The van der Waals surface area contributed by atoms with Crippen molar-refractivity contribution in [2.75, 3.05) is 5.32 Å². The van der Waals surface area contributed by atoms with Crippen molar-refractivity contribution in [3.63, 3.8) is 0 Å². The largest absolute Gasteiger partial charge is 0.322 e. The summed E-state index contributed by atoms with van der Waals surface area (Å²) >= 11 is 5.96. The summed E-state index contributed by atoms with van der Waals surface area (Å²) in [5.74, 6) is -0.203. The van der Waals surface area contributed by atoms with Crippen LogP contribution in [0.1, 0.15) is 35.9 Å². The van der Waals surface area contributed by atoms with Crippen LogP contribution in [0.25, 0.3) is 11.0 Å². The Morgan fingerprint density at radius 2 is 2.09 bits per heavy atom. The zero-order valence-corrected chi connectivity index (χ0v) is 13.9. The van der Waals surface area contributed by atoms with Gasteiger partial charge < -0.3 is 5.32 Å². The molecular formula is C17H17ClN4O. The molecule has 0 aliphatic heterocycles. The van der Waals surface area contributed by atoms with Crippen LogP contribution >= 0.6 is 11.6 Å². The molecule has 0 fully saturated rings. The molecule has 2 aromatic heterocycles. The fourth-order valence-electron chi connectivity index (χ4n) is 2.47. The number of aryl methyl sites for hydroxylation is 1. The van der Waals surface area contributed by atoms with Crippen molar-refractivity contribution in [1.82, 2.24) is 14.8 Å². The molecule has 1 N–H and O–H groups in total. The van der Waals surface area contributed by atoms with E-state index in [1.807, 2.05) is 25.5 Å². The molecule has 5 nitrogen and oxygen atoms in total. The summed E-state index contributed by atoms with van der Waals surface area (Å²) in [6, 6.07) is 9.01. The summed E-state index contributed by atoms with van der Waals surface area (Å²) < 4.78 is 1.82. The van der Waals surface area contributed by atoms with Gasteiger partial charge in [0.25, 0.3) is 5.91 Å². The first-order valence-corrected chi connectivity index (χ1v) is 7.75. The molecule has 1 amide bonds. The van der Waals surface area contributed by atoms with Crippen LogP contribution in [0.3, 0.4) is 0 Å². The van der Waals surface area contributed by atoms with Gasteiger partial charge in [-0.1, -0.05) is 17.7 Å². The summed E-state index contributed by atoms with van der Waals surface area (Å²) in [6.07, 6.45) is 1.69. The average Bonchev–Trinajstić information content (AvgIpc) is 2.90. The summed E-state index contributed by atoms with van der Waals surface area (Å²) in [4.78, 5) is 17.2. The van der Waals surface area contributed by atoms with Gasteiger partial charge in [-0.2, -0.15) is 5.10 Å². The molecule has 1 aromatic carbocycles. The first-order chi connectivity index (χ1) is 11.0. The Kier molecular flexibility index (Phi) is 4.05. The van der Waals surface area contributed by atoms with E-state index in [9.17, 15) is 4.79 Å². The number of halogens is 1. The van der Waals surface area contributed by atoms with Gasteiger partial charge in [0.15, 0.2) is 5.65 Å². The normalized spacial score (nSPS) is 11.2. The zero-order chi connectivity index (χ0) is 16.6. The van der Waals surface area contributed by atoms with Crippen LogP contribution in [0.5, 0.6) is 0 Å². The zero-order valence-electron chi connectivity index (χ0n) is 13.2. The quantitative estimate of drug-likeness (QED) is 0.782. The van der Waals surface area contributed by atoms with E-state index in [2.05, 4.69) is 15.4 Å². The second kappa shape index (κ2) is 6.01. The molecule has 0 spiro atoms. The first kappa shape index (κ1) is 15.5. The second-order valence-electron chi connectivity index (χ2n) is 5.70. The molecule has 3 aromatic rings. The van der Waals surface area contributed by atoms with Gasteiger partial charge in [-0.3, -0.25) is 4.79 Å². The predicted octanol–water partition coefficient (Wildman–Crippen LogP) is 4.23. The molecule has 23 heavy (non-hydrogen) atoms. The van der Waals surface area contributed by atoms with E-state index in [-0.39, 0.29) is 11.9 Å². The molecule has 2 heterocycles. The lowest BCUT2D eigenvalue weighted by Gasteiger charge is -2.09. The highest BCUT2D eigenvalue weighted by molar-refractivity contribution is 6.31. The maximum absolute atomic E-state index is 12.7. The van der Waals surface area contributed by atoms with E-state index >= 15 is 0 Å². The van der Waals surface area contributed by atoms with E-state index in [1.54, 1.807) is 36.5 Å². The monoisotopic (exact) mass is 328 g/mol. The van der Waals surface area contributed by atoms with E-state index in [0.29, 0.717) is 16.3 Å². The Hall–Kier alpha value is -2.40. The lowest BCUT2D eigenvalue weighted by molar-refractivity contribution is 0.102. The standard InChI is InChI=1S/C17H17ClN4O/c1-10(2)22-16-15(9-19-22)14(7-11(3)20-16)17(23)21-13-6-4-5-12(18)8-13/h4-10H,1-3H3,(H,21,23). The van der Waals surface area contributed by atoms with Gasteiger partial charge in [0.1, 0.15) is 0 Å². The van der Waals surface area contributed by atoms with Crippen molar-refractivity contribution in [3.05, 3.63) is 52.8 Å². The molecule has 0 unspecified atom stereocenters. The van der Waals surface area contributed by atoms with Crippen LogP contribution in [-0.4, -0.2) is 20.7 Å². The number of rotatable bonds is 3. The minimum atomic E-state index is -0.203. The van der Waals surface area contributed by atoms with Crippen LogP contribution in [0.2, 0.25) is 5.02 Å². The third kappa shape index (κ3) is 3.05. The number of benzene rings is 1. The van der Waals surface area contributed by atoms with Crippen molar-refractivity contribution < 1.29 is 4.79 Å². The summed E-state index contributed by atoms with van der Waals surface area (Å²) in [5.41, 5.74) is 2.70. The van der Waals surface area contributed by atoms with Crippen molar-refractivity contribution in [2.45, 2.75) is 26.8 Å². The Morgan fingerprint density at radius 3 is 2.78 bits per heavy atom. The number of hydrogen-bond acceptors (Lipinski definition) is 3. The molecule has 0 atom stereocenters. The van der Waals surface area contributed by atoms with E-state index < -0.39 is 0 Å². The fourth-order valence-corrected chi connectivity index (χ4v) is 2.66. The number of amides is 1. The van der Waals surface area contributed by atoms with Crippen molar-refractivity contribution >= 4 is 34.2 Å². The van der Waals surface area contributed by atoms with E-state index in [1.165, 1.54) is 0 Å². The minimum Gasteiger partial charge on any atom is -0.322 e. The Morgan fingerprint density at radius 1 is 1.30 bits per heavy atom. The van der Waals surface area contributed by atoms with Crippen molar-refractivity contribution in [3.8, 4) is 0 Å². The first-order valence-electron chi connectivity index (χ1n) is 7.37. The summed E-state index contributed by atoms with van der Waals surface area (Å²) in [7, 11) is 0. The van der Waals surface area contributed by atoms with Gasteiger partial charge in [-0.25, -0.2) is 9.67 Å². The van der Waals surface area contributed by atoms with E-state index in [0.717, 1.165) is 16.7 Å². The molecule has 0 bridgehead atoms. The molecule has 3 rings (SSSR count). The molecule has 0 saturated carbocycles. The molecule has 0 aliphatic rings. The minimum absolute atomic E-state index is 0.172. The number of nitrogens with one attached hydrogen (secondary N) is 1. The molecule has 118 valence electrons. The maximum Gasteiger partial charge on any atom is 0.256 e. The topological polar surface area (TPSA) is 59.8 Å². The van der Waals surface area contributed by atoms with Crippen LogP contribution < -0.4 is 5.32 Å². The lowest BCUT2D eigenvalue weighted by Crippen LogP contribution is -2.13. The third-order valence-corrected chi connectivity index (χ3v) is 3.75. The van der Waals surface area contributed by atoms with Gasteiger partial charge in [-0.05, 0) is 45.0 Å². The number of nitrogens with zero attached hydrogens (tertiary/aromatic N) is 3. The predicted molar refractivity (Wildman–Crippen MR) is 92.1 cm³/mol. The van der Waals surface area contributed by atoms with Gasteiger partial charge >= 0.3 is 0 Å². The van der Waals surface area contributed by atoms with Crippen LogP contribution in [0.4, 0.5) is 5.69 Å². The highest BCUT2D eigenvalue weighted by Crippen LogP contribution is 2.22. The van der Waals surface area contributed by atoms with Gasteiger partial charge in [0, 0.05) is 22.4 Å². The van der Waals surface area contributed by atoms with Gasteiger partial charge in [0.05, 0.1) is 17.1 Å². The fraction of sp³-hybridized carbons (Fsp3) is 0.235. The number of aromatic nitrogens is 3. The smallest absolute Gasteiger partial charge is 0.256 e. The highest BCUT2D eigenvalue weighted by atomic mass is 35.5. The number of fused-ring (bicyclic) bond motifs is 1. The van der Waals surface area contributed by atoms with Crippen molar-refractivity contribution in [2.24, 2.45) is 0 Å². The number of carbonyl (C=O) groups excluding carboxylic acids is 1. The van der Waals surface area contributed by atoms with Crippen LogP contribution in [-0.2, 0) is 0 Å². The highest BCUT2D eigenvalue weighted by Gasteiger charge is 2.17. The third-order valence-electron chi connectivity index (χ3n) is 3.51. The molecule has 0 aliphatic carbocycles. The van der Waals surface area contributed by atoms with E-state index in [4.69, 9.17) is 11.6 Å². The summed E-state index contributed by atoms with van der Waals surface area (Å²) in [5, 5.41) is 8.54. The summed E-state index contributed by atoms with van der Waals surface area (Å²) in [6.45, 7) is 5.93. The van der Waals surface area contributed by atoms with Gasteiger partial charge in [-0.15, -0.1) is 0 Å². The molecule has 6 heteroatoms. The lowest BCUT2D eigenvalue weighted by atomic mass is 10.1. The molecule has 0 saturated heterocycles. The van der Waals surface area contributed by atoms with Crippen molar-refractivity contribution in [1.29, 1.82) is 0 Å². The Bertz CT molecular complexity index is 885. The maximum atomic E-state index is 12.7. The number of carbonyl (C=O) groups is 1. The Labute approximate surface area is 139 Å². The van der Waals surface area contributed by atoms with Crippen LogP contribution in [0.15, 0.2) is 36.5 Å². The number of anilines is 1. The molecular weight excluding hydrogens is 312 g/mol.